The molecule has 0 spiro atoms. The molecule has 4 nitrogen and oxygen atoms in total. The molecule has 23 heavy (non-hydrogen) atoms. The third-order valence-electron chi connectivity index (χ3n) is 4.62. The van der Waals surface area contributed by atoms with Crippen molar-refractivity contribution in [2.24, 2.45) is 5.92 Å². The standard InChI is InChI=1S/C17H19N3OS2/c21-17(19-13-11-20-9-6-12(13)7-10-20)14-4-5-16(22-14)23-15-3-1-2-8-18-15/h1-5,8,12-13H,6-7,9-11H2,(H,19,21)/t13-/m0/s1. The summed E-state index contributed by atoms with van der Waals surface area (Å²) in [6.07, 6.45) is 4.23. The Labute approximate surface area is 144 Å². The normalized spacial score (nSPS) is 26.2. The van der Waals surface area contributed by atoms with Crippen LogP contribution in [-0.2, 0) is 0 Å². The first kappa shape index (κ1) is 15.2. The van der Waals surface area contributed by atoms with Crippen molar-refractivity contribution < 1.29 is 4.79 Å². The van der Waals surface area contributed by atoms with E-state index in [-0.39, 0.29) is 5.91 Å². The van der Waals surface area contributed by atoms with E-state index in [4.69, 9.17) is 0 Å². The summed E-state index contributed by atoms with van der Waals surface area (Å²) in [6, 6.07) is 10.1. The number of pyridine rings is 1. The number of hydrogen-bond acceptors (Lipinski definition) is 5. The van der Waals surface area contributed by atoms with Gasteiger partial charge in [0.1, 0.15) is 5.03 Å². The van der Waals surface area contributed by atoms with E-state index in [2.05, 4.69) is 15.2 Å². The van der Waals surface area contributed by atoms with Gasteiger partial charge in [-0.15, -0.1) is 11.3 Å². The summed E-state index contributed by atoms with van der Waals surface area (Å²) in [7, 11) is 0. The summed E-state index contributed by atoms with van der Waals surface area (Å²) in [5, 5.41) is 4.21. The molecule has 2 aromatic rings. The second-order valence-electron chi connectivity index (χ2n) is 6.11. The molecule has 1 amide bonds. The quantitative estimate of drug-likeness (QED) is 0.925. The number of aromatic nitrogens is 1. The first-order valence-corrected chi connectivity index (χ1v) is 9.63. The van der Waals surface area contributed by atoms with Crippen LogP contribution in [0.25, 0.3) is 0 Å². The smallest absolute Gasteiger partial charge is 0.261 e. The van der Waals surface area contributed by atoms with Crippen molar-refractivity contribution in [3.8, 4) is 0 Å². The van der Waals surface area contributed by atoms with Gasteiger partial charge in [0.25, 0.3) is 5.91 Å². The molecule has 0 aromatic carbocycles. The van der Waals surface area contributed by atoms with E-state index in [9.17, 15) is 4.79 Å². The van der Waals surface area contributed by atoms with Gasteiger partial charge in [0.05, 0.1) is 9.09 Å². The predicted octanol–water partition coefficient (Wildman–Crippen LogP) is 3.12. The van der Waals surface area contributed by atoms with Gasteiger partial charge in [-0.3, -0.25) is 4.79 Å². The minimum Gasteiger partial charge on any atom is -0.347 e. The molecule has 0 saturated carbocycles. The van der Waals surface area contributed by atoms with Gasteiger partial charge in [0.2, 0.25) is 0 Å². The summed E-state index contributed by atoms with van der Waals surface area (Å²) in [6.45, 7) is 3.40. The Hall–Kier alpha value is -1.37. The van der Waals surface area contributed by atoms with Crippen LogP contribution in [-0.4, -0.2) is 41.5 Å². The fourth-order valence-electron chi connectivity index (χ4n) is 3.38. The second-order valence-corrected chi connectivity index (χ2v) is 8.51. The number of nitrogens with one attached hydrogen (secondary N) is 1. The molecule has 3 aliphatic heterocycles. The van der Waals surface area contributed by atoms with Crippen LogP contribution < -0.4 is 5.32 Å². The lowest BCUT2D eigenvalue weighted by Gasteiger charge is -2.44. The van der Waals surface area contributed by atoms with Crippen LogP contribution in [0, 0.1) is 5.92 Å². The summed E-state index contributed by atoms with van der Waals surface area (Å²) in [5.41, 5.74) is 0. The van der Waals surface area contributed by atoms with Gasteiger partial charge < -0.3 is 10.2 Å². The molecule has 120 valence electrons. The molecule has 5 heterocycles. The lowest BCUT2D eigenvalue weighted by molar-refractivity contribution is 0.0622. The third kappa shape index (κ3) is 3.44. The minimum atomic E-state index is 0.0709. The van der Waals surface area contributed by atoms with E-state index in [1.807, 2.05) is 30.3 Å². The second kappa shape index (κ2) is 6.63. The summed E-state index contributed by atoms with van der Waals surface area (Å²) in [5.74, 6) is 0.730. The Morgan fingerprint density at radius 1 is 1.26 bits per heavy atom. The van der Waals surface area contributed by atoms with Gasteiger partial charge in [-0.05, 0) is 56.1 Å². The zero-order valence-corrected chi connectivity index (χ0v) is 14.4. The van der Waals surface area contributed by atoms with Crippen molar-refractivity contribution >= 4 is 29.0 Å². The van der Waals surface area contributed by atoms with Crippen LogP contribution in [0.1, 0.15) is 22.5 Å². The number of hydrogen-bond donors (Lipinski definition) is 1. The molecule has 1 N–H and O–H groups in total. The van der Waals surface area contributed by atoms with Gasteiger partial charge in [-0.25, -0.2) is 4.98 Å². The van der Waals surface area contributed by atoms with Crippen LogP contribution in [0.5, 0.6) is 0 Å². The summed E-state index contributed by atoms with van der Waals surface area (Å²) < 4.78 is 1.10. The summed E-state index contributed by atoms with van der Waals surface area (Å²) >= 11 is 3.14. The predicted molar refractivity (Wildman–Crippen MR) is 93.1 cm³/mol. The van der Waals surface area contributed by atoms with E-state index in [0.717, 1.165) is 20.7 Å². The summed E-state index contributed by atoms with van der Waals surface area (Å²) in [4.78, 5) is 20.1. The highest BCUT2D eigenvalue weighted by Crippen LogP contribution is 2.33. The van der Waals surface area contributed by atoms with Crippen molar-refractivity contribution in [2.45, 2.75) is 28.1 Å². The number of carbonyl (C=O) groups excluding carboxylic acids is 1. The topological polar surface area (TPSA) is 45.2 Å². The Bertz CT molecular complexity index is 680. The molecule has 5 rings (SSSR count). The Morgan fingerprint density at radius 2 is 2.13 bits per heavy atom. The van der Waals surface area contributed by atoms with Crippen LogP contribution in [0.3, 0.4) is 0 Å². The van der Waals surface area contributed by atoms with Crippen LogP contribution in [0.2, 0.25) is 0 Å². The molecule has 0 aliphatic carbocycles. The lowest BCUT2D eigenvalue weighted by Crippen LogP contribution is -2.57. The number of piperidine rings is 3. The van der Waals surface area contributed by atoms with Crippen molar-refractivity contribution in [1.29, 1.82) is 0 Å². The monoisotopic (exact) mass is 345 g/mol. The van der Waals surface area contributed by atoms with Gasteiger partial charge in [-0.2, -0.15) is 0 Å². The van der Waals surface area contributed by atoms with Gasteiger partial charge in [0, 0.05) is 18.8 Å². The largest absolute Gasteiger partial charge is 0.347 e. The number of amides is 1. The van der Waals surface area contributed by atoms with Gasteiger partial charge >= 0.3 is 0 Å². The maximum absolute atomic E-state index is 12.5. The molecule has 3 saturated heterocycles. The number of nitrogens with zero attached hydrogens (tertiary/aromatic N) is 2. The molecule has 0 unspecified atom stereocenters. The fourth-order valence-corrected chi connectivity index (χ4v) is 5.31. The van der Waals surface area contributed by atoms with Crippen molar-refractivity contribution in [3.63, 3.8) is 0 Å². The Morgan fingerprint density at radius 3 is 2.83 bits per heavy atom. The van der Waals surface area contributed by atoms with Crippen LogP contribution in [0.4, 0.5) is 0 Å². The number of fused-ring (bicyclic) bond motifs is 3. The molecule has 0 radical (unpaired) electrons. The average Bonchev–Trinajstić information content (AvgIpc) is 3.05. The fraction of sp³-hybridized carbons (Fsp3) is 0.412. The molecule has 2 aromatic heterocycles. The van der Waals surface area contributed by atoms with E-state index in [0.29, 0.717) is 12.0 Å². The maximum atomic E-state index is 12.5. The van der Waals surface area contributed by atoms with E-state index in [1.54, 1.807) is 29.3 Å². The van der Waals surface area contributed by atoms with Crippen molar-refractivity contribution in [2.75, 3.05) is 19.6 Å². The van der Waals surface area contributed by atoms with Gasteiger partial charge in [-0.1, -0.05) is 17.8 Å². The van der Waals surface area contributed by atoms with Crippen molar-refractivity contribution in [1.82, 2.24) is 15.2 Å². The molecule has 3 fully saturated rings. The van der Waals surface area contributed by atoms with Crippen LogP contribution >= 0.6 is 23.1 Å². The Balaban J connectivity index is 1.39. The molecule has 6 heteroatoms. The molecule has 3 aliphatic rings. The molecule has 2 bridgehead atoms. The first-order chi connectivity index (χ1) is 11.3. The van der Waals surface area contributed by atoms with Gasteiger partial charge in [0.15, 0.2) is 0 Å². The van der Waals surface area contributed by atoms with E-state index < -0.39 is 0 Å². The number of carbonyl (C=O) groups is 1. The average molecular weight is 345 g/mol. The number of rotatable bonds is 4. The third-order valence-corrected chi connectivity index (χ3v) is 6.79. The van der Waals surface area contributed by atoms with E-state index >= 15 is 0 Å². The zero-order chi connectivity index (χ0) is 15.6. The zero-order valence-electron chi connectivity index (χ0n) is 12.8. The Kier molecular flexibility index (Phi) is 4.37. The van der Waals surface area contributed by atoms with Crippen LogP contribution in [0.15, 0.2) is 45.8 Å². The highest BCUT2D eigenvalue weighted by molar-refractivity contribution is 8.01. The highest BCUT2D eigenvalue weighted by atomic mass is 32.2. The minimum absolute atomic E-state index is 0.0709. The molecule has 1 atom stereocenters. The SMILES string of the molecule is O=C(N[C@H]1CN2CCC1CC2)c1ccc(Sc2ccccn2)s1. The highest BCUT2D eigenvalue weighted by Gasteiger charge is 2.35. The first-order valence-electron chi connectivity index (χ1n) is 8.00. The molecular weight excluding hydrogens is 326 g/mol. The molecular formula is C17H19N3OS2. The van der Waals surface area contributed by atoms with Crippen molar-refractivity contribution in [3.05, 3.63) is 41.4 Å². The maximum Gasteiger partial charge on any atom is 0.261 e. The lowest BCUT2D eigenvalue weighted by atomic mass is 9.84. The number of thiophene rings is 1. The van der Waals surface area contributed by atoms with E-state index in [1.165, 1.54) is 25.9 Å².